The average Bonchev–Trinajstić information content (AvgIpc) is 2.36. The Balaban J connectivity index is 2.43. The summed E-state index contributed by atoms with van der Waals surface area (Å²) in [4.78, 5) is 23.6. The number of hydrogen-bond acceptors (Lipinski definition) is 3. The van der Waals surface area contributed by atoms with Crippen molar-refractivity contribution in [2.45, 2.75) is 38.6 Å². The van der Waals surface area contributed by atoms with Gasteiger partial charge in [0.2, 0.25) is 11.8 Å². The Morgan fingerprint density at radius 3 is 2.38 bits per heavy atom. The molecule has 1 atom stereocenters. The van der Waals surface area contributed by atoms with Gasteiger partial charge in [-0.3, -0.25) is 14.5 Å². The number of carbonyl (C=O) groups is 2. The molecule has 1 aliphatic heterocycles. The molecule has 0 aromatic rings. The zero-order valence-electron chi connectivity index (χ0n) is 7.95. The van der Waals surface area contributed by atoms with Crippen molar-refractivity contribution < 1.29 is 9.59 Å². The third-order valence-corrected chi connectivity index (χ3v) is 2.23. The van der Waals surface area contributed by atoms with E-state index in [0.717, 1.165) is 12.8 Å². The molecule has 0 aromatic heterocycles. The summed E-state index contributed by atoms with van der Waals surface area (Å²) in [5.41, 5.74) is 5.74. The summed E-state index contributed by atoms with van der Waals surface area (Å²) >= 11 is 0. The molecule has 0 radical (unpaired) electrons. The van der Waals surface area contributed by atoms with Gasteiger partial charge in [0, 0.05) is 25.4 Å². The molecule has 1 heterocycles. The standard InChI is InChI=1S/C9H16N2O2/c1-2-3-7(10)6-11-8(12)4-5-9(11)13/h7H,2-6,10H2,1H3. The van der Waals surface area contributed by atoms with Crippen molar-refractivity contribution in [1.29, 1.82) is 0 Å². The van der Waals surface area contributed by atoms with Crippen LogP contribution in [0.15, 0.2) is 0 Å². The number of nitrogens with zero attached hydrogens (tertiary/aromatic N) is 1. The van der Waals surface area contributed by atoms with Gasteiger partial charge in [0.05, 0.1) is 0 Å². The lowest BCUT2D eigenvalue weighted by Crippen LogP contribution is -2.40. The Labute approximate surface area is 78.1 Å². The van der Waals surface area contributed by atoms with E-state index in [1.807, 2.05) is 6.92 Å². The zero-order chi connectivity index (χ0) is 9.84. The summed E-state index contributed by atoms with van der Waals surface area (Å²) in [6.45, 7) is 2.43. The van der Waals surface area contributed by atoms with Gasteiger partial charge < -0.3 is 5.73 Å². The third-order valence-electron chi connectivity index (χ3n) is 2.23. The van der Waals surface area contributed by atoms with Crippen LogP contribution in [-0.2, 0) is 9.59 Å². The summed E-state index contributed by atoms with van der Waals surface area (Å²) < 4.78 is 0. The lowest BCUT2D eigenvalue weighted by molar-refractivity contribution is -0.138. The van der Waals surface area contributed by atoms with E-state index >= 15 is 0 Å². The molecule has 4 nitrogen and oxygen atoms in total. The van der Waals surface area contributed by atoms with Gasteiger partial charge in [-0.05, 0) is 6.42 Å². The summed E-state index contributed by atoms with van der Waals surface area (Å²) in [5, 5.41) is 0. The predicted octanol–water partition coefficient (Wildman–Crippen LogP) is 0.263. The highest BCUT2D eigenvalue weighted by Gasteiger charge is 2.29. The molecular weight excluding hydrogens is 168 g/mol. The molecule has 1 saturated heterocycles. The number of amides is 2. The van der Waals surface area contributed by atoms with Crippen LogP contribution in [0.25, 0.3) is 0 Å². The van der Waals surface area contributed by atoms with Crippen molar-refractivity contribution in [3.8, 4) is 0 Å². The highest BCUT2D eigenvalue weighted by molar-refractivity contribution is 6.01. The van der Waals surface area contributed by atoms with Crippen molar-refractivity contribution >= 4 is 11.8 Å². The van der Waals surface area contributed by atoms with Crippen LogP contribution in [0.3, 0.4) is 0 Å². The van der Waals surface area contributed by atoms with Gasteiger partial charge >= 0.3 is 0 Å². The van der Waals surface area contributed by atoms with Crippen LogP contribution in [0.2, 0.25) is 0 Å². The molecule has 2 N–H and O–H groups in total. The Hall–Kier alpha value is -0.900. The maximum absolute atomic E-state index is 11.2. The monoisotopic (exact) mass is 184 g/mol. The Kier molecular flexibility index (Phi) is 3.42. The van der Waals surface area contributed by atoms with Gasteiger partial charge in [0.1, 0.15) is 0 Å². The highest BCUT2D eigenvalue weighted by atomic mass is 16.2. The van der Waals surface area contributed by atoms with Gasteiger partial charge in [0.15, 0.2) is 0 Å². The van der Waals surface area contributed by atoms with Crippen molar-refractivity contribution in [2.24, 2.45) is 5.73 Å². The van der Waals surface area contributed by atoms with Crippen molar-refractivity contribution in [1.82, 2.24) is 4.90 Å². The SMILES string of the molecule is CCCC(N)CN1C(=O)CCC1=O. The Morgan fingerprint density at radius 1 is 1.38 bits per heavy atom. The summed E-state index contributed by atoms with van der Waals surface area (Å²) in [5.74, 6) is -0.145. The first-order chi connectivity index (χ1) is 6.15. The molecule has 1 rings (SSSR count). The molecule has 1 aliphatic rings. The van der Waals surface area contributed by atoms with Crippen LogP contribution >= 0.6 is 0 Å². The smallest absolute Gasteiger partial charge is 0.229 e. The number of likely N-dealkylation sites (tertiary alicyclic amines) is 1. The largest absolute Gasteiger partial charge is 0.326 e. The first-order valence-electron chi connectivity index (χ1n) is 4.74. The molecule has 0 bridgehead atoms. The van der Waals surface area contributed by atoms with Gasteiger partial charge in [-0.2, -0.15) is 0 Å². The molecule has 1 fully saturated rings. The fourth-order valence-electron chi connectivity index (χ4n) is 1.52. The minimum atomic E-state index is -0.0726. The van der Waals surface area contributed by atoms with E-state index in [1.54, 1.807) is 0 Å². The minimum absolute atomic E-state index is 0.0593. The number of imide groups is 1. The van der Waals surface area contributed by atoms with Crippen LogP contribution in [0.1, 0.15) is 32.6 Å². The topological polar surface area (TPSA) is 63.4 Å². The van der Waals surface area contributed by atoms with Crippen LogP contribution in [-0.4, -0.2) is 29.3 Å². The maximum atomic E-state index is 11.2. The average molecular weight is 184 g/mol. The third kappa shape index (κ3) is 2.52. The van der Waals surface area contributed by atoms with Crippen LogP contribution in [0, 0.1) is 0 Å². The summed E-state index contributed by atoms with van der Waals surface area (Å²) in [7, 11) is 0. The molecule has 1 unspecified atom stereocenters. The van der Waals surface area contributed by atoms with Gasteiger partial charge in [-0.1, -0.05) is 13.3 Å². The zero-order valence-corrected chi connectivity index (χ0v) is 7.95. The van der Waals surface area contributed by atoms with Crippen molar-refractivity contribution in [3.05, 3.63) is 0 Å². The number of carbonyl (C=O) groups excluding carboxylic acids is 2. The fraction of sp³-hybridized carbons (Fsp3) is 0.778. The maximum Gasteiger partial charge on any atom is 0.229 e. The van der Waals surface area contributed by atoms with Gasteiger partial charge in [0.25, 0.3) is 0 Å². The Bertz CT molecular complexity index is 200. The second-order valence-electron chi connectivity index (χ2n) is 3.45. The second-order valence-corrected chi connectivity index (χ2v) is 3.45. The summed E-state index contributed by atoms with van der Waals surface area (Å²) in [6, 6.07) is -0.0593. The quantitative estimate of drug-likeness (QED) is 0.637. The lowest BCUT2D eigenvalue weighted by Gasteiger charge is -2.18. The number of nitrogens with two attached hydrogens (primary N) is 1. The van der Waals surface area contributed by atoms with Crippen molar-refractivity contribution in [3.63, 3.8) is 0 Å². The van der Waals surface area contributed by atoms with E-state index in [2.05, 4.69) is 0 Å². The van der Waals surface area contributed by atoms with E-state index in [0.29, 0.717) is 19.4 Å². The lowest BCUT2D eigenvalue weighted by atomic mass is 10.2. The number of hydrogen-bond donors (Lipinski definition) is 1. The first kappa shape index (κ1) is 10.2. The first-order valence-corrected chi connectivity index (χ1v) is 4.74. The van der Waals surface area contributed by atoms with E-state index < -0.39 is 0 Å². The Morgan fingerprint density at radius 2 is 1.92 bits per heavy atom. The fourth-order valence-corrected chi connectivity index (χ4v) is 1.52. The van der Waals surface area contributed by atoms with E-state index in [4.69, 9.17) is 5.73 Å². The molecule has 0 aromatic carbocycles. The molecule has 0 aliphatic carbocycles. The highest BCUT2D eigenvalue weighted by Crippen LogP contribution is 2.12. The van der Waals surface area contributed by atoms with Crippen molar-refractivity contribution in [2.75, 3.05) is 6.54 Å². The van der Waals surface area contributed by atoms with Crippen LogP contribution in [0.5, 0.6) is 0 Å². The van der Waals surface area contributed by atoms with E-state index in [9.17, 15) is 9.59 Å². The van der Waals surface area contributed by atoms with Gasteiger partial charge in [-0.15, -0.1) is 0 Å². The predicted molar refractivity (Wildman–Crippen MR) is 48.8 cm³/mol. The van der Waals surface area contributed by atoms with E-state index in [-0.39, 0.29) is 17.9 Å². The summed E-state index contributed by atoms with van der Waals surface area (Å²) in [6.07, 6.45) is 2.56. The molecular formula is C9H16N2O2. The van der Waals surface area contributed by atoms with Crippen LogP contribution in [0.4, 0.5) is 0 Å². The van der Waals surface area contributed by atoms with Crippen LogP contribution < -0.4 is 5.73 Å². The molecule has 4 heteroatoms. The molecule has 0 spiro atoms. The normalized spacial score (nSPS) is 19.7. The second kappa shape index (κ2) is 4.37. The molecule has 13 heavy (non-hydrogen) atoms. The molecule has 74 valence electrons. The molecule has 2 amide bonds. The minimum Gasteiger partial charge on any atom is -0.326 e. The molecule has 0 saturated carbocycles. The number of rotatable bonds is 4. The van der Waals surface area contributed by atoms with Gasteiger partial charge in [-0.25, -0.2) is 0 Å². The van der Waals surface area contributed by atoms with E-state index in [1.165, 1.54) is 4.90 Å².